The van der Waals surface area contributed by atoms with Crippen molar-refractivity contribution >= 4 is 21.4 Å². The van der Waals surface area contributed by atoms with Gasteiger partial charge in [0.1, 0.15) is 0 Å². The molecule has 0 spiro atoms. The molecule has 0 bridgehead atoms. The third-order valence-electron chi connectivity index (χ3n) is 3.97. The van der Waals surface area contributed by atoms with Crippen LogP contribution in [-0.4, -0.2) is 50.4 Å². The van der Waals surface area contributed by atoms with Gasteiger partial charge in [-0.1, -0.05) is 13.3 Å². The second-order valence-electron chi connectivity index (χ2n) is 5.71. The summed E-state index contributed by atoms with van der Waals surface area (Å²) >= 11 is 0. The highest BCUT2D eigenvalue weighted by Crippen LogP contribution is 2.22. The van der Waals surface area contributed by atoms with E-state index >= 15 is 0 Å². The molecule has 6 nitrogen and oxygen atoms in total. The zero-order chi connectivity index (χ0) is 16.2. The van der Waals surface area contributed by atoms with Crippen molar-refractivity contribution in [2.24, 2.45) is 0 Å². The molecule has 7 heteroatoms. The quantitative estimate of drug-likeness (QED) is 0.796. The van der Waals surface area contributed by atoms with Gasteiger partial charge in [-0.15, -0.1) is 0 Å². The largest absolute Gasteiger partial charge is 0.369 e. The van der Waals surface area contributed by atoms with Crippen LogP contribution in [-0.2, 0) is 9.84 Å². The fraction of sp³-hybridized carbons (Fsp3) is 0.600. The first-order valence-electron chi connectivity index (χ1n) is 7.59. The summed E-state index contributed by atoms with van der Waals surface area (Å²) in [5.41, 5.74) is 1.27. The molecule has 0 aromatic carbocycles. The number of hydrogen-bond donors (Lipinski definition) is 1. The number of amides is 1. The van der Waals surface area contributed by atoms with Crippen molar-refractivity contribution in [1.82, 2.24) is 10.3 Å². The van der Waals surface area contributed by atoms with Crippen LogP contribution in [0.2, 0.25) is 0 Å². The number of rotatable bonds is 6. The van der Waals surface area contributed by atoms with E-state index < -0.39 is 9.84 Å². The predicted molar refractivity (Wildman–Crippen MR) is 86.9 cm³/mol. The molecule has 22 heavy (non-hydrogen) atoms. The summed E-state index contributed by atoms with van der Waals surface area (Å²) < 4.78 is 23.2. The molecule has 1 N–H and O–H groups in total. The summed E-state index contributed by atoms with van der Waals surface area (Å²) in [5, 5.41) is 2.86. The maximum absolute atomic E-state index is 12.1. The maximum atomic E-state index is 12.1. The lowest BCUT2D eigenvalue weighted by Gasteiger charge is -2.25. The van der Waals surface area contributed by atoms with Crippen LogP contribution in [0.5, 0.6) is 0 Å². The summed E-state index contributed by atoms with van der Waals surface area (Å²) in [5.74, 6) is 0.249. The number of hydrogen-bond acceptors (Lipinski definition) is 5. The van der Waals surface area contributed by atoms with E-state index in [-0.39, 0.29) is 23.5 Å². The first-order chi connectivity index (χ1) is 10.4. The molecular formula is C15H23N3O3S. The van der Waals surface area contributed by atoms with Gasteiger partial charge in [-0.3, -0.25) is 9.78 Å². The highest BCUT2D eigenvalue weighted by Gasteiger charge is 2.31. The summed E-state index contributed by atoms with van der Waals surface area (Å²) in [7, 11) is -1.08. The lowest BCUT2D eigenvalue weighted by Crippen LogP contribution is -2.33. The Morgan fingerprint density at radius 1 is 1.45 bits per heavy atom. The average molecular weight is 325 g/mol. The Morgan fingerprint density at radius 3 is 2.86 bits per heavy atom. The highest BCUT2D eigenvalue weighted by atomic mass is 32.2. The Morgan fingerprint density at radius 2 is 2.23 bits per heavy atom. The van der Waals surface area contributed by atoms with Crippen molar-refractivity contribution in [3.05, 3.63) is 24.0 Å². The second kappa shape index (κ2) is 7.09. The Balaban J connectivity index is 2.06. The fourth-order valence-electron chi connectivity index (χ4n) is 2.52. The van der Waals surface area contributed by atoms with E-state index in [1.165, 1.54) is 6.20 Å². The van der Waals surface area contributed by atoms with Crippen LogP contribution in [0.15, 0.2) is 18.5 Å². The standard InChI is InChI=1S/C15H23N3O3S/c1-3-4-6-17-15(19)12-8-14(10-16-9-12)18(2)13-5-7-22(20,21)11-13/h8-10,13H,3-7,11H2,1-2H3,(H,17,19). The third-order valence-corrected chi connectivity index (χ3v) is 5.72. The summed E-state index contributed by atoms with van der Waals surface area (Å²) in [6.45, 7) is 2.72. The van der Waals surface area contributed by atoms with E-state index in [1.54, 1.807) is 12.3 Å². The number of pyridine rings is 1. The molecule has 1 aliphatic rings. The maximum Gasteiger partial charge on any atom is 0.252 e. The van der Waals surface area contributed by atoms with Crippen LogP contribution in [0, 0.1) is 0 Å². The molecule has 1 fully saturated rings. The van der Waals surface area contributed by atoms with E-state index in [9.17, 15) is 13.2 Å². The Kier molecular flexibility index (Phi) is 5.39. The molecule has 1 aromatic heterocycles. The van der Waals surface area contributed by atoms with E-state index in [0.29, 0.717) is 18.5 Å². The van der Waals surface area contributed by atoms with E-state index in [4.69, 9.17) is 0 Å². The van der Waals surface area contributed by atoms with Gasteiger partial charge < -0.3 is 10.2 Å². The van der Waals surface area contributed by atoms with Gasteiger partial charge in [0.15, 0.2) is 9.84 Å². The molecular weight excluding hydrogens is 302 g/mol. The minimum Gasteiger partial charge on any atom is -0.369 e. The fourth-order valence-corrected chi connectivity index (χ4v) is 4.29. The van der Waals surface area contributed by atoms with Crippen molar-refractivity contribution in [2.75, 3.05) is 30.0 Å². The predicted octanol–water partition coefficient (Wildman–Crippen LogP) is 1.23. The van der Waals surface area contributed by atoms with E-state index in [0.717, 1.165) is 18.5 Å². The van der Waals surface area contributed by atoms with Crippen LogP contribution < -0.4 is 10.2 Å². The molecule has 0 radical (unpaired) electrons. The summed E-state index contributed by atoms with van der Waals surface area (Å²) in [6.07, 6.45) is 5.78. The van der Waals surface area contributed by atoms with Gasteiger partial charge in [0.05, 0.1) is 29.0 Å². The second-order valence-corrected chi connectivity index (χ2v) is 7.94. The van der Waals surface area contributed by atoms with Gasteiger partial charge in [0.2, 0.25) is 0 Å². The zero-order valence-corrected chi connectivity index (χ0v) is 13.9. The number of anilines is 1. The van der Waals surface area contributed by atoms with Crippen LogP contribution >= 0.6 is 0 Å². The molecule has 1 unspecified atom stereocenters. The molecule has 0 aliphatic carbocycles. The number of carbonyl (C=O) groups excluding carboxylic acids is 1. The SMILES string of the molecule is CCCCNC(=O)c1cncc(N(C)C2CCS(=O)(=O)C2)c1. The number of nitrogens with zero attached hydrogens (tertiary/aromatic N) is 2. The molecule has 1 amide bonds. The third kappa shape index (κ3) is 4.19. The molecule has 1 aromatic rings. The van der Waals surface area contributed by atoms with Gasteiger partial charge in [0.25, 0.3) is 5.91 Å². The molecule has 1 saturated heterocycles. The lowest BCUT2D eigenvalue weighted by atomic mass is 10.2. The topological polar surface area (TPSA) is 79.4 Å². The molecule has 1 aliphatic heterocycles. The number of aromatic nitrogens is 1. The van der Waals surface area contributed by atoms with Gasteiger partial charge in [-0.2, -0.15) is 0 Å². The first kappa shape index (κ1) is 16.7. The van der Waals surface area contributed by atoms with Gasteiger partial charge >= 0.3 is 0 Å². The van der Waals surface area contributed by atoms with Gasteiger partial charge in [0, 0.05) is 25.8 Å². The minimum atomic E-state index is -2.93. The molecule has 122 valence electrons. The van der Waals surface area contributed by atoms with Crippen molar-refractivity contribution in [3.63, 3.8) is 0 Å². The monoisotopic (exact) mass is 325 g/mol. The number of carbonyl (C=O) groups is 1. The number of nitrogens with one attached hydrogen (secondary N) is 1. The highest BCUT2D eigenvalue weighted by molar-refractivity contribution is 7.91. The van der Waals surface area contributed by atoms with Gasteiger partial charge in [-0.25, -0.2) is 8.42 Å². The normalized spacial score (nSPS) is 19.8. The molecule has 2 rings (SSSR count). The van der Waals surface area contributed by atoms with Crippen LogP contribution in [0.25, 0.3) is 0 Å². The smallest absolute Gasteiger partial charge is 0.252 e. The molecule has 0 saturated carbocycles. The number of sulfone groups is 1. The van der Waals surface area contributed by atoms with Gasteiger partial charge in [-0.05, 0) is 18.9 Å². The van der Waals surface area contributed by atoms with E-state index in [2.05, 4.69) is 17.2 Å². The van der Waals surface area contributed by atoms with Crippen molar-refractivity contribution < 1.29 is 13.2 Å². The van der Waals surface area contributed by atoms with Crippen LogP contribution in [0.1, 0.15) is 36.5 Å². The lowest BCUT2D eigenvalue weighted by molar-refractivity contribution is 0.0953. The van der Waals surface area contributed by atoms with Crippen molar-refractivity contribution in [1.29, 1.82) is 0 Å². The minimum absolute atomic E-state index is 0.0507. The van der Waals surface area contributed by atoms with Crippen molar-refractivity contribution in [3.8, 4) is 0 Å². The Hall–Kier alpha value is -1.63. The number of unbranched alkanes of at least 4 members (excludes halogenated alkanes) is 1. The zero-order valence-electron chi connectivity index (χ0n) is 13.1. The summed E-state index contributed by atoms with van der Waals surface area (Å²) in [6, 6.07) is 1.71. The Bertz CT molecular complexity index is 631. The van der Waals surface area contributed by atoms with Crippen LogP contribution in [0.4, 0.5) is 5.69 Å². The first-order valence-corrected chi connectivity index (χ1v) is 9.41. The summed E-state index contributed by atoms with van der Waals surface area (Å²) in [4.78, 5) is 18.1. The van der Waals surface area contributed by atoms with E-state index in [1.807, 2.05) is 11.9 Å². The Labute approximate surface area is 131 Å². The average Bonchev–Trinajstić information content (AvgIpc) is 2.87. The molecule has 2 heterocycles. The van der Waals surface area contributed by atoms with Crippen molar-refractivity contribution in [2.45, 2.75) is 32.2 Å². The van der Waals surface area contributed by atoms with Crippen LogP contribution in [0.3, 0.4) is 0 Å². The molecule has 1 atom stereocenters.